The van der Waals surface area contributed by atoms with Gasteiger partial charge < -0.3 is 10.4 Å². The summed E-state index contributed by atoms with van der Waals surface area (Å²) in [5.41, 5.74) is 4.56. The molecule has 4 saturated carbocycles. The molecule has 7 rings (SSSR count). The van der Waals surface area contributed by atoms with Gasteiger partial charge in [-0.15, -0.1) is 0 Å². The Morgan fingerprint density at radius 2 is 1.67 bits per heavy atom. The molecule has 2 N–H and O–H groups in total. The van der Waals surface area contributed by atoms with Crippen molar-refractivity contribution in [3.05, 3.63) is 53.0 Å². The number of aromatic nitrogens is 2. The predicted octanol–water partition coefficient (Wildman–Crippen LogP) is 4.60. The molecule has 2 heterocycles. The van der Waals surface area contributed by atoms with Gasteiger partial charge in [0.05, 0.1) is 5.69 Å². The summed E-state index contributed by atoms with van der Waals surface area (Å²) in [6.45, 7) is 2.44. The smallest absolute Gasteiger partial charge is 0.303 e. The molecule has 4 aliphatic carbocycles. The second kappa shape index (κ2) is 9.58. The molecule has 1 aromatic heterocycles. The molecule has 190 valence electrons. The van der Waals surface area contributed by atoms with Crippen molar-refractivity contribution in [3.63, 3.8) is 0 Å². The lowest BCUT2D eigenvalue weighted by atomic mass is 9.49. The van der Waals surface area contributed by atoms with Gasteiger partial charge >= 0.3 is 5.97 Å². The van der Waals surface area contributed by atoms with Crippen LogP contribution in [0.25, 0.3) is 0 Å². The van der Waals surface area contributed by atoms with Crippen molar-refractivity contribution < 1.29 is 14.7 Å². The maximum atomic E-state index is 13.2. The van der Waals surface area contributed by atoms with Crippen molar-refractivity contribution in [1.29, 1.82) is 0 Å². The SMILES string of the molecule is O=C(O)CCc1ccc(CN2CCc3c(ncnc3NC(=O)CC34CC5CC(CC(C5)C3)C4)C2)cc1. The maximum absolute atomic E-state index is 13.2. The summed E-state index contributed by atoms with van der Waals surface area (Å²) < 4.78 is 0. The zero-order valence-corrected chi connectivity index (χ0v) is 20.9. The highest BCUT2D eigenvalue weighted by Crippen LogP contribution is 2.61. The number of amides is 1. The molecule has 5 aliphatic rings. The van der Waals surface area contributed by atoms with Crippen LogP contribution in [0.4, 0.5) is 5.82 Å². The van der Waals surface area contributed by atoms with Gasteiger partial charge in [0.1, 0.15) is 12.1 Å². The number of carbonyl (C=O) groups is 2. The quantitative estimate of drug-likeness (QED) is 0.564. The number of carboxylic acids is 1. The number of nitrogens with zero attached hydrogens (tertiary/aromatic N) is 3. The molecule has 0 unspecified atom stereocenters. The van der Waals surface area contributed by atoms with Crippen LogP contribution in [0.5, 0.6) is 0 Å². The number of nitrogens with one attached hydrogen (secondary N) is 1. The second-order valence-corrected chi connectivity index (χ2v) is 12.0. The van der Waals surface area contributed by atoms with E-state index >= 15 is 0 Å². The van der Waals surface area contributed by atoms with Gasteiger partial charge in [-0.2, -0.15) is 0 Å². The van der Waals surface area contributed by atoms with E-state index in [-0.39, 0.29) is 17.7 Å². The molecule has 0 saturated heterocycles. The lowest BCUT2D eigenvalue weighted by Gasteiger charge is -2.56. The molecule has 1 aliphatic heterocycles. The van der Waals surface area contributed by atoms with Gasteiger partial charge in [-0.25, -0.2) is 9.97 Å². The Bertz CT molecular complexity index is 1110. The average Bonchev–Trinajstić information content (AvgIpc) is 2.82. The summed E-state index contributed by atoms with van der Waals surface area (Å²) in [6, 6.07) is 8.22. The molecule has 7 nitrogen and oxygen atoms in total. The van der Waals surface area contributed by atoms with Gasteiger partial charge in [-0.3, -0.25) is 14.5 Å². The lowest BCUT2D eigenvalue weighted by Crippen LogP contribution is -2.47. The first-order valence-electron chi connectivity index (χ1n) is 13.6. The van der Waals surface area contributed by atoms with Gasteiger partial charge in [0, 0.05) is 38.0 Å². The molecule has 4 bridgehead atoms. The molecule has 1 aromatic carbocycles. The Kier molecular flexibility index (Phi) is 6.28. The third-order valence-electron chi connectivity index (χ3n) is 9.10. The minimum atomic E-state index is -0.767. The van der Waals surface area contributed by atoms with E-state index in [1.165, 1.54) is 44.1 Å². The van der Waals surface area contributed by atoms with Crippen LogP contribution in [0.1, 0.15) is 73.8 Å². The van der Waals surface area contributed by atoms with E-state index in [0.29, 0.717) is 18.7 Å². The first-order valence-corrected chi connectivity index (χ1v) is 13.6. The van der Waals surface area contributed by atoms with Crippen molar-refractivity contribution in [3.8, 4) is 0 Å². The molecule has 36 heavy (non-hydrogen) atoms. The van der Waals surface area contributed by atoms with Crippen molar-refractivity contribution in [2.24, 2.45) is 23.2 Å². The molecular formula is C29H36N4O3. The normalized spacial score (nSPS) is 28.6. The maximum Gasteiger partial charge on any atom is 0.303 e. The topological polar surface area (TPSA) is 95.4 Å². The monoisotopic (exact) mass is 488 g/mol. The van der Waals surface area contributed by atoms with Crippen molar-refractivity contribution in [1.82, 2.24) is 14.9 Å². The van der Waals surface area contributed by atoms with E-state index in [2.05, 4.69) is 32.3 Å². The predicted molar refractivity (Wildman–Crippen MR) is 136 cm³/mol. The van der Waals surface area contributed by atoms with Crippen LogP contribution in [-0.4, -0.2) is 38.4 Å². The molecule has 7 heteroatoms. The number of rotatable bonds is 8. The highest BCUT2D eigenvalue weighted by molar-refractivity contribution is 5.91. The highest BCUT2D eigenvalue weighted by Gasteiger charge is 2.51. The molecule has 0 spiro atoms. The van der Waals surface area contributed by atoms with Crippen molar-refractivity contribution in [2.75, 3.05) is 11.9 Å². The van der Waals surface area contributed by atoms with Crippen molar-refractivity contribution in [2.45, 2.75) is 77.3 Å². The number of fused-ring (bicyclic) bond motifs is 1. The van der Waals surface area contributed by atoms with Gasteiger partial charge in [0.2, 0.25) is 5.91 Å². The van der Waals surface area contributed by atoms with Crippen LogP contribution in [0.15, 0.2) is 30.6 Å². The molecule has 1 amide bonds. The van der Waals surface area contributed by atoms with Crippen LogP contribution in [0.3, 0.4) is 0 Å². The van der Waals surface area contributed by atoms with Gasteiger partial charge in [-0.1, -0.05) is 24.3 Å². The zero-order valence-electron chi connectivity index (χ0n) is 20.9. The molecule has 0 atom stereocenters. The Morgan fingerprint density at radius 3 is 2.33 bits per heavy atom. The summed E-state index contributed by atoms with van der Waals surface area (Å²) in [5, 5.41) is 12.1. The van der Waals surface area contributed by atoms with Crippen LogP contribution in [0, 0.1) is 23.2 Å². The summed E-state index contributed by atoms with van der Waals surface area (Å²) in [5.74, 6) is 2.62. The summed E-state index contributed by atoms with van der Waals surface area (Å²) in [7, 11) is 0. The fourth-order valence-corrected chi connectivity index (χ4v) is 8.00. The number of carbonyl (C=O) groups excluding carboxylic acids is 1. The van der Waals surface area contributed by atoms with Crippen LogP contribution >= 0.6 is 0 Å². The van der Waals surface area contributed by atoms with Crippen LogP contribution in [-0.2, 0) is 35.5 Å². The number of aliphatic carboxylic acids is 1. The van der Waals surface area contributed by atoms with Gasteiger partial charge in [0.25, 0.3) is 0 Å². The first kappa shape index (κ1) is 23.6. The molecular weight excluding hydrogens is 452 g/mol. The summed E-state index contributed by atoms with van der Waals surface area (Å²) >= 11 is 0. The molecule has 4 fully saturated rings. The Labute approximate surface area is 212 Å². The Hall–Kier alpha value is -2.80. The first-order chi connectivity index (χ1) is 17.4. The Morgan fingerprint density at radius 1 is 1.00 bits per heavy atom. The zero-order chi connectivity index (χ0) is 24.7. The third kappa shape index (κ3) is 5.03. The van der Waals surface area contributed by atoms with E-state index < -0.39 is 5.97 Å². The average molecular weight is 489 g/mol. The number of aryl methyl sites for hydroxylation is 1. The van der Waals surface area contributed by atoms with E-state index in [0.717, 1.165) is 60.6 Å². The third-order valence-corrected chi connectivity index (χ3v) is 9.10. The minimum absolute atomic E-state index is 0.128. The second-order valence-electron chi connectivity index (χ2n) is 12.0. The fourth-order valence-electron chi connectivity index (χ4n) is 8.00. The standard InChI is InChI=1S/C29H36N4O3/c34-26(15-29-12-21-9-22(13-29)11-23(10-21)14-29)32-28-24-7-8-33(17-25(24)30-18-31-28)16-20-3-1-19(2-4-20)5-6-27(35)36/h1-4,18,21-23H,5-17H2,(H,35,36)(H,30,31,32,34). The van der Waals surface area contributed by atoms with Gasteiger partial charge in [-0.05, 0) is 85.7 Å². The highest BCUT2D eigenvalue weighted by atomic mass is 16.4. The van der Waals surface area contributed by atoms with Crippen LogP contribution in [0.2, 0.25) is 0 Å². The van der Waals surface area contributed by atoms with Gasteiger partial charge in [0.15, 0.2) is 0 Å². The van der Waals surface area contributed by atoms with E-state index in [1.54, 1.807) is 6.33 Å². The molecule has 0 radical (unpaired) electrons. The summed E-state index contributed by atoms with van der Waals surface area (Å²) in [4.78, 5) is 35.4. The van der Waals surface area contributed by atoms with E-state index in [4.69, 9.17) is 5.11 Å². The minimum Gasteiger partial charge on any atom is -0.481 e. The molecule has 2 aromatic rings. The van der Waals surface area contributed by atoms with E-state index in [1.807, 2.05) is 12.1 Å². The lowest BCUT2D eigenvalue weighted by molar-refractivity contribution is -0.137. The number of hydrogen-bond donors (Lipinski definition) is 2. The largest absolute Gasteiger partial charge is 0.481 e. The number of hydrogen-bond acceptors (Lipinski definition) is 5. The fraction of sp³-hybridized carbons (Fsp3) is 0.586. The number of anilines is 1. The van der Waals surface area contributed by atoms with E-state index in [9.17, 15) is 9.59 Å². The summed E-state index contributed by atoms with van der Waals surface area (Å²) in [6.07, 6.45) is 11.7. The Balaban J connectivity index is 1.07. The van der Waals surface area contributed by atoms with Crippen molar-refractivity contribution >= 4 is 17.7 Å². The van der Waals surface area contributed by atoms with Crippen LogP contribution < -0.4 is 5.32 Å². The number of benzene rings is 1. The number of carboxylic acid groups (broad SMARTS) is 1.